The number of nitrogens with zero attached hydrogens (tertiary/aromatic N) is 4. The highest BCUT2D eigenvalue weighted by molar-refractivity contribution is 5.73. The predicted molar refractivity (Wildman–Crippen MR) is 121 cm³/mol. The van der Waals surface area contributed by atoms with Gasteiger partial charge in [-0.3, -0.25) is 10.1 Å². The molecular weight excluding hydrogens is 390 g/mol. The first kappa shape index (κ1) is 20.2. The molecule has 4 rings (SSSR count). The molecule has 0 aliphatic rings. The van der Waals surface area contributed by atoms with Gasteiger partial charge in [0.05, 0.1) is 42.4 Å². The zero-order chi connectivity index (χ0) is 21.5. The lowest BCUT2D eigenvalue weighted by molar-refractivity contribution is 0.299. The number of rotatable bonds is 8. The second-order valence-corrected chi connectivity index (χ2v) is 6.86. The Morgan fingerprint density at radius 3 is 2.77 bits per heavy atom. The molecule has 3 heterocycles. The fourth-order valence-corrected chi connectivity index (χ4v) is 2.96. The van der Waals surface area contributed by atoms with Crippen molar-refractivity contribution in [3.63, 3.8) is 0 Å². The summed E-state index contributed by atoms with van der Waals surface area (Å²) in [5.74, 6) is 1.45. The van der Waals surface area contributed by atoms with Crippen molar-refractivity contribution in [2.24, 2.45) is 7.05 Å². The van der Waals surface area contributed by atoms with Crippen LogP contribution in [0.4, 0.5) is 0 Å². The molecular formula is C24H23N5O2. The maximum Gasteiger partial charge on any atom is 0.130 e. The Labute approximate surface area is 180 Å². The van der Waals surface area contributed by atoms with Gasteiger partial charge in [-0.25, -0.2) is 4.98 Å². The van der Waals surface area contributed by atoms with Gasteiger partial charge < -0.3 is 14.0 Å². The summed E-state index contributed by atoms with van der Waals surface area (Å²) in [5.41, 5.74) is 4.55. The van der Waals surface area contributed by atoms with E-state index in [1.54, 1.807) is 19.6 Å². The van der Waals surface area contributed by atoms with Crippen molar-refractivity contribution in [1.82, 2.24) is 24.7 Å². The number of nitrogens with one attached hydrogen (secondary N) is 1. The first-order valence-corrected chi connectivity index (χ1v) is 9.80. The third-order valence-electron chi connectivity index (χ3n) is 4.66. The molecule has 0 radical (unpaired) electrons. The molecule has 0 unspecified atom stereocenters. The Balaban J connectivity index is 1.42. The van der Waals surface area contributed by atoms with Gasteiger partial charge >= 0.3 is 0 Å². The number of hydrogen-bond acceptors (Lipinski definition) is 5. The smallest absolute Gasteiger partial charge is 0.130 e. The fraction of sp³-hybridized carbons (Fsp3) is 0.125. The number of aryl methyl sites for hydroxylation is 1. The molecule has 4 aromatic rings. The van der Waals surface area contributed by atoms with Gasteiger partial charge in [-0.1, -0.05) is 6.07 Å². The highest BCUT2D eigenvalue weighted by Gasteiger charge is 2.04. The van der Waals surface area contributed by atoms with E-state index in [1.807, 2.05) is 84.6 Å². The highest BCUT2D eigenvalue weighted by atomic mass is 16.5. The van der Waals surface area contributed by atoms with E-state index in [4.69, 9.17) is 9.47 Å². The number of pyridine rings is 1. The molecule has 31 heavy (non-hydrogen) atoms. The van der Waals surface area contributed by atoms with Gasteiger partial charge in [0.25, 0.3) is 0 Å². The lowest BCUT2D eigenvalue weighted by Gasteiger charge is -2.09. The molecule has 7 heteroatoms. The van der Waals surface area contributed by atoms with Crippen molar-refractivity contribution in [2.45, 2.75) is 6.61 Å². The van der Waals surface area contributed by atoms with Crippen LogP contribution in [0, 0.1) is 0 Å². The molecule has 0 saturated carbocycles. The maximum atomic E-state index is 5.82. The summed E-state index contributed by atoms with van der Waals surface area (Å²) >= 11 is 0. The molecule has 0 aliphatic carbocycles. The van der Waals surface area contributed by atoms with E-state index < -0.39 is 0 Å². The number of aromatic amines is 1. The quantitative estimate of drug-likeness (QED) is 0.461. The standard InChI is InChI=1S/C24H23N5O2/c1-29-17-25-15-22(29)10-9-20-13-19(27-28-20)8-6-18-7-11-23(14-24(18)30-2)31-16-21-5-3-4-12-26-21/h3-15,17H,16H2,1-2H3,(H,27,28)/b8-6?,10-9+. The lowest BCUT2D eigenvalue weighted by atomic mass is 10.1. The van der Waals surface area contributed by atoms with Crippen LogP contribution in [0.15, 0.2) is 61.2 Å². The van der Waals surface area contributed by atoms with Crippen LogP contribution in [0.5, 0.6) is 11.5 Å². The third kappa shape index (κ3) is 5.27. The van der Waals surface area contributed by atoms with Crippen LogP contribution in [0.1, 0.15) is 28.3 Å². The van der Waals surface area contributed by atoms with Gasteiger partial charge in [0.15, 0.2) is 0 Å². The second kappa shape index (κ2) is 9.58. The number of H-pyrrole nitrogens is 1. The summed E-state index contributed by atoms with van der Waals surface area (Å²) in [7, 11) is 3.60. The van der Waals surface area contributed by atoms with Crippen LogP contribution in [0.25, 0.3) is 24.3 Å². The van der Waals surface area contributed by atoms with Crippen molar-refractivity contribution in [3.8, 4) is 11.5 Å². The number of methoxy groups -OCH3 is 1. The Morgan fingerprint density at radius 1 is 1.06 bits per heavy atom. The van der Waals surface area contributed by atoms with E-state index in [2.05, 4.69) is 20.2 Å². The molecule has 0 fully saturated rings. The van der Waals surface area contributed by atoms with Crippen molar-refractivity contribution < 1.29 is 9.47 Å². The zero-order valence-corrected chi connectivity index (χ0v) is 17.4. The van der Waals surface area contributed by atoms with Crippen LogP contribution in [0.3, 0.4) is 0 Å². The molecule has 0 spiro atoms. The minimum Gasteiger partial charge on any atom is -0.496 e. The number of benzene rings is 1. The zero-order valence-electron chi connectivity index (χ0n) is 17.4. The SMILES string of the molecule is COc1cc(OCc2ccccn2)ccc1C=Cc1cc(/C=C/c2cncn2C)[nH]n1. The second-order valence-electron chi connectivity index (χ2n) is 6.86. The summed E-state index contributed by atoms with van der Waals surface area (Å²) < 4.78 is 13.3. The average molecular weight is 413 g/mol. The van der Waals surface area contributed by atoms with Crippen molar-refractivity contribution in [1.29, 1.82) is 0 Å². The van der Waals surface area contributed by atoms with Gasteiger partial charge in [0.2, 0.25) is 0 Å². The number of hydrogen-bond donors (Lipinski definition) is 1. The number of ether oxygens (including phenoxy) is 2. The van der Waals surface area contributed by atoms with E-state index in [1.165, 1.54) is 0 Å². The van der Waals surface area contributed by atoms with Crippen LogP contribution in [-0.2, 0) is 13.7 Å². The monoisotopic (exact) mass is 413 g/mol. The minimum atomic E-state index is 0.404. The van der Waals surface area contributed by atoms with Gasteiger partial charge in [-0.15, -0.1) is 0 Å². The average Bonchev–Trinajstić information content (AvgIpc) is 3.44. The summed E-state index contributed by atoms with van der Waals surface area (Å²) in [4.78, 5) is 8.37. The summed E-state index contributed by atoms with van der Waals surface area (Å²) in [6, 6.07) is 13.5. The topological polar surface area (TPSA) is 77.9 Å². The molecule has 7 nitrogen and oxygen atoms in total. The number of imidazole rings is 1. The van der Waals surface area contributed by atoms with Crippen molar-refractivity contribution >= 4 is 24.3 Å². The molecule has 0 amide bonds. The first-order chi connectivity index (χ1) is 15.2. The third-order valence-corrected chi connectivity index (χ3v) is 4.66. The van der Waals surface area contributed by atoms with E-state index in [-0.39, 0.29) is 0 Å². The van der Waals surface area contributed by atoms with Gasteiger partial charge in [-0.2, -0.15) is 5.10 Å². The Kier molecular flexibility index (Phi) is 6.23. The maximum absolute atomic E-state index is 5.82. The Hall–Kier alpha value is -4.13. The van der Waals surface area contributed by atoms with Crippen LogP contribution >= 0.6 is 0 Å². The van der Waals surface area contributed by atoms with Crippen LogP contribution in [0.2, 0.25) is 0 Å². The van der Waals surface area contributed by atoms with E-state index in [0.29, 0.717) is 6.61 Å². The van der Waals surface area contributed by atoms with E-state index in [9.17, 15) is 0 Å². The largest absolute Gasteiger partial charge is 0.496 e. The van der Waals surface area contributed by atoms with Crippen LogP contribution in [-0.4, -0.2) is 31.8 Å². The first-order valence-electron chi connectivity index (χ1n) is 9.80. The molecule has 0 aliphatic heterocycles. The fourth-order valence-electron chi connectivity index (χ4n) is 2.96. The van der Waals surface area contributed by atoms with E-state index >= 15 is 0 Å². The molecule has 0 atom stereocenters. The summed E-state index contributed by atoms with van der Waals surface area (Å²) in [6.45, 7) is 0.404. The van der Waals surface area contributed by atoms with E-state index in [0.717, 1.165) is 39.8 Å². The normalized spacial score (nSPS) is 11.4. The molecule has 1 N–H and O–H groups in total. The van der Waals surface area contributed by atoms with Gasteiger partial charge in [0, 0.05) is 24.9 Å². The minimum absolute atomic E-state index is 0.404. The van der Waals surface area contributed by atoms with Crippen molar-refractivity contribution in [3.05, 3.63) is 89.5 Å². The highest BCUT2D eigenvalue weighted by Crippen LogP contribution is 2.27. The van der Waals surface area contributed by atoms with Gasteiger partial charge in [0.1, 0.15) is 18.1 Å². The molecule has 0 bridgehead atoms. The predicted octanol–water partition coefficient (Wildman–Crippen LogP) is 4.47. The molecule has 0 saturated heterocycles. The van der Waals surface area contributed by atoms with Crippen molar-refractivity contribution in [2.75, 3.05) is 7.11 Å². The Morgan fingerprint density at radius 2 is 2.00 bits per heavy atom. The summed E-state index contributed by atoms with van der Waals surface area (Å²) in [5, 5.41) is 7.35. The lowest BCUT2D eigenvalue weighted by Crippen LogP contribution is -1.98. The number of aromatic nitrogens is 5. The van der Waals surface area contributed by atoms with Crippen LogP contribution < -0.4 is 9.47 Å². The molecule has 3 aromatic heterocycles. The van der Waals surface area contributed by atoms with Gasteiger partial charge in [-0.05, 0) is 54.6 Å². The molecule has 156 valence electrons. The summed E-state index contributed by atoms with van der Waals surface area (Å²) in [6.07, 6.45) is 13.2. The molecule has 1 aromatic carbocycles. The Bertz CT molecular complexity index is 1190.